The number of pyridine rings is 1. The SMILES string of the molecule is Cc1cc(/C(C[C@H](c2ccc(C3CCNCC3)cc2)c2ccccc2C)=N\O)ccn1. The number of benzene rings is 2. The summed E-state index contributed by atoms with van der Waals surface area (Å²) in [6.07, 6.45) is 4.79. The summed E-state index contributed by atoms with van der Waals surface area (Å²) < 4.78 is 0. The zero-order valence-electron chi connectivity index (χ0n) is 18.4. The second-order valence-corrected chi connectivity index (χ2v) is 8.54. The van der Waals surface area contributed by atoms with E-state index in [1.807, 2.05) is 19.1 Å². The van der Waals surface area contributed by atoms with Gasteiger partial charge in [0.05, 0.1) is 5.71 Å². The molecule has 1 aliphatic heterocycles. The van der Waals surface area contributed by atoms with E-state index in [4.69, 9.17) is 0 Å². The fourth-order valence-electron chi connectivity index (χ4n) is 4.68. The number of oxime groups is 1. The Balaban J connectivity index is 1.67. The summed E-state index contributed by atoms with van der Waals surface area (Å²) in [6, 6.07) is 21.5. The molecule has 2 N–H and O–H groups in total. The van der Waals surface area contributed by atoms with E-state index in [2.05, 4.69) is 70.9 Å². The number of rotatable bonds is 6. The van der Waals surface area contributed by atoms with Crippen molar-refractivity contribution in [1.82, 2.24) is 10.3 Å². The lowest BCUT2D eigenvalue weighted by molar-refractivity contribution is 0.317. The third-order valence-electron chi connectivity index (χ3n) is 6.46. The number of piperidine rings is 1. The maximum Gasteiger partial charge on any atom is 0.0878 e. The van der Waals surface area contributed by atoms with Crippen molar-refractivity contribution >= 4 is 5.71 Å². The van der Waals surface area contributed by atoms with E-state index in [0.717, 1.165) is 24.3 Å². The second-order valence-electron chi connectivity index (χ2n) is 8.54. The van der Waals surface area contributed by atoms with Crippen LogP contribution in [0.1, 0.15) is 64.6 Å². The molecule has 1 fully saturated rings. The molecule has 1 atom stereocenters. The minimum atomic E-state index is 0.114. The van der Waals surface area contributed by atoms with E-state index < -0.39 is 0 Å². The molecule has 4 nitrogen and oxygen atoms in total. The predicted molar refractivity (Wildman–Crippen MR) is 126 cm³/mol. The van der Waals surface area contributed by atoms with Gasteiger partial charge < -0.3 is 10.5 Å². The van der Waals surface area contributed by atoms with Crippen LogP contribution in [0.25, 0.3) is 0 Å². The molecule has 160 valence electrons. The number of nitrogens with zero attached hydrogens (tertiary/aromatic N) is 2. The normalized spacial score (nSPS) is 16.3. The molecule has 2 aromatic carbocycles. The Morgan fingerprint density at radius 2 is 1.81 bits per heavy atom. The molecule has 4 rings (SSSR count). The fraction of sp³-hybridized carbons (Fsp3) is 0.333. The van der Waals surface area contributed by atoms with Crippen LogP contribution in [0.5, 0.6) is 0 Å². The van der Waals surface area contributed by atoms with Crippen molar-refractivity contribution in [2.75, 3.05) is 13.1 Å². The number of aryl methyl sites for hydroxylation is 2. The number of hydrogen-bond donors (Lipinski definition) is 2. The maximum absolute atomic E-state index is 9.86. The highest BCUT2D eigenvalue weighted by Gasteiger charge is 2.21. The van der Waals surface area contributed by atoms with Crippen molar-refractivity contribution in [3.63, 3.8) is 0 Å². The van der Waals surface area contributed by atoms with E-state index in [1.165, 1.54) is 35.1 Å². The largest absolute Gasteiger partial charge is 0.411 e. The lowest BCUT2D eigenvalue weighted by Crippen LogP contribution is -2.26. The molecule has 1 saturated heterocycles. The van der Waals surface area contributed by atoms with Gasteiger partial charge in [0, 0.05) is 29.8 Å². The standard InChI is InChI=1S/C27H31N3O/c1-19-5-3-4-6-25(19)26(18-27(30-31)24-13-16-29-20(2)17-24)23-9-7-21(8-10-23)22-11-14-28-15-12-22/h3-10,13,16-17,22,26,28,31H,11-12,14-15,18H2,1-2H3/b30-27-/t26-/m1/s1. The summed E-state index contributed by atoms with van der Waals surface area (Å²) in [5, 5.41) is 17.0. The summed E-state index contributed by atoms with van der Waals surface area (Å²) in [7, 11) is 0. The molecule has 3 aromatic rings. The number of nitrogens with one attached hydrogen (secondary N) is 1. The third-order valence-corrected chi connectivity index (χ3v) is 6.46. The monoisotopic (exact) mass is 413 g/mol. The second kappa shape index (κ2) is 9.88. The van der Waals surface area contributed by atoms with Crippen molar-refractivity contribution in [3.05, 3.63) is 100 Å². The molecule has 1 aromatic heterocycles. The minimum absolute atomic E-state index is 0.114. The lowest BCUT2D eigenvalue weighted by Gasteiger charge is -2.24. The molecule has 0 aliphatic carbocycles. The van der Waals surface area contributed by atoms with E-state index in [-0.39, 0.29) is 5.92 Å². The van der Waals surface area contributed by atoms with Gasteiger partial charge in [-0.2, -0.15) is 0 Å². The molecule has 31 heavy (non-hydrogen) atoms. The van der Waals surface area contributed by atoms with Gasteiger partial charge in [-0.3, -0.25) is 4.98 Å². The highest BCUT2D eigenvalue weighted by molar-refractivity contribution is 6.00. The molecule has 4 heteroatoms. The summed E-state index contributed by atoms with van der Waals surface area (Å²) in [5.41, 5.74) is 7.70. The van der Waals surface area contributed by atoms with Crippen LogP contribution in [0.3, 0.4) is 0 Å². The van der Waals surface area contributed by atoms with Crippen LogP contribution in [0, 0.1) is 13.8 Å². The minimum Gasteiger partial charge on any atom is -0.411 e. The van der Waals surface area contributed by atoms with Crippen LogP contribution in [-0.4, -0.2) is 29.0 Å². The summed E-state index contributed by atoms with van der Waals surface area (Å²) in [4.78, 5) is 4.28. The highest BCUT2D eigenvalue weighted by Crippen LogP contribution is 2.34. The van der Waals surface area contributed by atoms with Gasteiger partial charge in [-0.25, -0.2) is 0 Å². The van der Waals surface area contributed by atoms with Crippen molar-refractivity contribution in [2.24, 2.45) is 5.16 Å². The number of hydrogen-bond acceptors (Lipinski definition) is 4. The van der Waals surface area contributed by atoms with Gasteiger partial charge in [0.1, 0.15) is 0 Å². The molecule has 1 aliphatic rings. The maximum atomic E-state index is 9.86. The topological polar surface area (TPSA) is 57.5 Å². The number of aromatic nitrogens is 1. The molecular weight excluding hydrogens is 382 g/mol. The van der Waals surface area contributed by atoms with Crippen LogP contribution in [-0.2, 0) is 0 Å². The summed E-state index contributed by atoms with van der Waals surface area (Å²) >= 11 is 0. The smallest absolute Gasteiger partial charge is 0.0878 e. The molecule has 0 spiro atoms. The van der Waals surface area contributed by atoms with Gasteiger partial charge in [0.15, 0.2) is 0 Å². The van der Waals surface area contributed by atoms with Gasteiger partial charge in [0.25, 0.3) is 0 Å². The molecule has 0 unspecified atom stereocenters. The van der Waals surface area contributed by atoms with E-state index in [1.54, 1.807) is 6.20 Å². The Hall–Kier alpha value is -2.98. The fourth-order valence-corrected chi connectivity index (χ4v) is 4.68. The van der Waals surface area contributed by atoms with E-state index >= 15 is 0 Å². The van der Waals surface area contributed by atoms with E-state index in [9.17, 15) is 5.21 Å². The first-order chi connectivity index (χ1) is 15.2. The van der Waals surface area contributed by atoms with Gasteiger partial charge in [0.2, 0.25) is 0 Å². The summed E-state index contributed by atoms with van der Waals surface area (Å²) in [5.74, 6) is 0.754. The first-order valence-electron chi connectivity index (χ1n) is 11.2. The van der Waals surface area contributed by atoms with Crippen molar-refractivity contribution < 1.29 is 5.21 Å². The van der Waals surface area contributed by atoms with Crippen LogP contribution >= 0.6 is 0 Å². The highest BCUT2D eigenvalue weighted by atomic mass is 16.4. The van der Waals surface area contributed by atoms with Gasteiger partial charge >= 0.3 is 0 Å². The molecule has 2 heterocycles. The Morgan fingerprint density at radius 3 is 2.48 bits per heavy atom. The van der Waals surface area contributed by atoms with Gasteiger partial charge in [-0.1, -0.05) is 53.7 Å². The van der Waals surface area contributed by atoms with Crippen LogP contribution in [0.15, 0.2) is 72.0 Å². The van der Waals surface area contributed by atoms with E-state index in [0.29, 0.717) is 18.1 Å². The molecular formula is C27H31N3O. The Bertz CT molecular complexity index is 1040. The van der Waals surface area contributed by atoms with Crippen molar-refractivity contribution in [1.29, 1.82) is 0 Å². The molecule has 0 saturated carbocycles. The summed E-state index contributed by atoms with van der Waals surface area (Å²) in [6.45, 7) is 6.30. The predicted octanol–water partition coefficient (Wildman–Crippen LogP) is 5.57. The molecule has 0 radical (unpaired) electrons. The zero-order valence-corrected chi connectivity index (χ0v) is 18.4. The Kier molecular flexibility index (Phi) is 6.78. The molecule has 0 bridgehead atoms. The lowest BCUT2D eigenvalue weighted by atomic mass is 9.82. The van der Waals surface area contributed by atoms with Crippen LogP contribution in [0.4, 0.5) is 0 Å². The molecule has 0 amide bonds. The van der Waals surface area contributed by atoms with Crippen molar-refractivity contribution in [2.45, 2.75) is 44.9 Å². The zero-order chi connectivity index (χ0) is 21.6. The first-order valence-corrected chi connectivity index (χ1v) is 11.2. The van der Waals surface area contributed by atoms with Crippen LogP contribution < -0.4 is 5.32 Å². The van der Waals surface area contributed by atoms with Crippen LogP contribution in [0.2, 0.25) is 0 Å². The Labute approximate surface area is 185 Å². The van der Waals surface area contributed by atoms with Gasteiger partial charge in [-0.15, -0.1) is 0 Å². The average molecular weight is 414 g/mol. The quantitative estimate of drug-likeness (QED) is 0.316. The third kappa shape index (κ3) is 5.02. The first kappa shape index (κ1) is 21.3. The average Bonchev–Trinajstić information content (AvgIpc) is 2.81. The Morgan fingerprint density at radius 1 is 1.06 bits per heavy atom. The van der Waals surface area contributed by atoms with Gasteiger partial charge in [-0.05, 0) is 80.1 Å². The van der Waals surface area contributed by atoms with Crippen molar-refractivity contribution in [3.8, 4) is 0 Å².